The molecule has 0 aromatic carbocycles. The summed E-state index contributed by atoms with van der Waals surface area (Å²) in [5.74, 6) is 0. The fraction of sp³-hybridized carbons (Fsp3) is 0.444. The lowest BCUT2D eigenvalue weighted by Gasteiger charge is -2.03. The molecule has 0 spiro atoms. The van der Waals surface area contributed by atoms with E-state index in [1.165, 1.54) is 4.68 Å². The number of nitriles is 1. The largest absolute Gasteiger partial charge is 0.271 e. The summed E-state index contributed by atoms with van der Waals surface area (Å²) in [5.41, 5.74) is 1.14. The van der Waals surface area contributed by atoms with E-state index in [9.17, 15) is 4.79 Å². The van der Waals surface area contributed by atoms with Crippen LogP contribution >= 0.6 is 0 Å². The Kier molecular flexibility index (Phi) is 2.80. The van der Waals surface area contributed by atoms with Gasteiger partial charge in [0.25, 0.3) is 5.56 Å². The molecular formula is C9H11N3O. The molecular weight excluding hydrogens is 166 g/mol. The molecule has 0 N–H and O–H groups in total. The van der Waals surface area contributed by atoms with Crippen LogP contribution in [0.25, 0.3) is 0 Å². The summed E-state index contributed by atoms with van der Waals surface area (Å²) in [6, 6.07) is 3.63. The smallest absolute Gasteiger partial charge is 0.267 e. The zero-order chi connectivity index (χ0) is 9.84. The molecule has 1 aromatic heterocycles. The average molecular weight is 177 g/mol. The molecule has 13 heavy (non-hydrogen) atoms. The molecule has 4 heteroatoms. The second-order valence-electron chi connectivity index (χ2n) is 2.77. The van der Waals surface area contributed by atoms with E-state index in [1.807, 2.05) is 19.9 Å². The van der Waals surface area contributed by atoms with Gasteiger partial charge >= 0.3 is 0 Å². The highest BCUT2D eigenvalue weighted by atomic mass is 16.1. The highest BCUT2D eigenvalue weighted by Crippen LogP contribution is 1.95. The quantitative estimate of drug-likeness (QED) is 0.666. The van der Waals surface area contributed by atoms with Gasteiger partial charge in [-0.2, -0.15) is 10.4 Å². The number of hydrogen-bond acceptors (Lipinski definition) is 3. The fourth-order valence-electron chi connectivity index (χ4n) is 1.17. The Balaban J connectivity index is 3.29. The molecule has 0 unspecified atom stereocenters. The van der Waals surface area contributed by atoms with E-state index in [2.05, 4.69) is 5.10 Å². The second kappa shape index (κ2) is 3.85. The minimum atomic E-state index is -0.158. The van der Waals surface area contributed by atoms with Crippen molar-refractivity contribution < 1.29 is 0 Å². The van der Waals surface area contributed by atoms with Crippen molar-refractivity contribution in [1.82, 2.24) is 9.78 Å². The molecule has 1 rings (SSSR count). The van der Waals surface area contributed by atoms with E-state index in [0.717, 1.165) is 5.69 Å². The van der Waals surface area contributed by atoms with Crippen LogP contribution in [0.5, 0.6) is 0 Å². The van der Waals surface area contributed by atoms with Crippen LogP contribution in [0.3, 0.4) is 0 Å². The molecule has 0 aliphatic carbocycles. The standard InChI is InChI=1S/C9H11N3O/c1-3-12-9(13)8(4-5-10)6-7(2)11-12/h6H,3-4H2,1-2H3. The van der Waals surface area contributed by atoms with E-state index in [1.54, 1.807) is 6.07 Å². The van der Waals surface area contributed by atoms with Gasteiger partial charge in [-0.1, -0.05) is 0 Å². The number of nitrogens with zero attached hydrogens (tertiary/aromatic N) is 3. The first-order chi connectivity index (χ1) is 6.19. The van der Waals surface area contributed by atoms with Crippen molar-refractivity contribution in [2.75, 3.05) is 0 Å². The third-order valence-electron chi connectivity index (χ3n) is 1.74. The SMILES string of the molecule is CCn1nc(C)cc(CC#N)c1=O. The molecule has 0 bridgehead atoms. The summed E-state index contributed by atoms with van der Waals surface area (Å²) in [6.45, 7) is 4.20. The molecule has 0 atom stereocenters. The number of aromatic nitrogens is 2. The van der Waals surface area contributed by atoms with Crippen LogP contribution in [0.15, 0.2) is 10.9 Å². The molecule has 0 amide bonds. The third-order valence-corrected chi connectivity index (χ3v) is 1.74. The van der Waals surface area contributed by atoms with Crippen LogP contribution in [-0.2, 0) is 13.0 Å². The van der Waals surface area contributed by atoms with E-state index >= 15 is 0 Å². The summed E-state index contributed by atoms with van der Waals surface area (Å²) >= 11 is 0. The number of hydrogen-bond donors (Lipinski definition) is 0. The van der Waals surface area contributed by atoms with Crippen molar-refractivity contribution in [3.63, 3.8) is 0 Å². The van der Waals surface area contributed by atoms with Crippen LogP contribution in [-0.4, -0.2) is 9.78 Å². The predicted molar refractivity (Wildman–Crippen MR) is 48.2 cm³/mol. The van der Waals surface area contributed by atoms with Crippen LogP contribution < -0.4 is 5.56 Å². The highest BCUT2D eigenvalue weighted by molar-refractivity contribution is 5.16. The Bertz CT molecular complexity index is 400. The monoisotopic (exact) mass is 177 g/mol. The van der Waals surface area contributed by atoms with Gasteiger partial charge in [0.15, 0.2) is 0 Å². The highest BCUT2D eigenvalue weighted by Gasteiger charge is 2.03. The molecule has 1 heterocycles. The Hall–Kier alpha value is -1.63. The van der Waals surface area contributed by atoms with Gasteiger partial charge in [0.1, 0.15) is 0 Å². The van der Waals surface area contributed by atoms with Crippen LogP contribution in [0.2, 0.25) is 0 Å². The lowest BCUT2D eigenvalue weighted by molar-refractivity contribution is 0.600. The summed E-state index contributed by atoms with van der Waals surface area (Å²) < 4.78 is 1.38. The Labute approximate surface area is 76.4 Å². The van der Waals surface area contributed by atoms with Crippen molar-refractivity contribution >= 4 is 0 Å². The van der Waals surface area contributed by atoms with Crippen molar-refractivity contribution in [1.29, 1.82) is 5.26 Å². The molecule has 1 aromatic rings. The first-order valence-corrected chi connectivity index (χ1v) is 4.13. The second-order valence-corrected chi connectivity index (χ2v) is 2.77. The number of rotatable bonds is 2. The fourth-order valence-corrected chi connectivity index (χ4v) is 1.17. The van der Waals surface area contributed by atoms with E-state index < -0.39 is 0 Å². The summed E-state index contributed by atoms with van der Waals surface area (Å²) in [7, 11) is 0. The topological polar surface area (TPSA) is 58.7 Å². The van der Waals surface area contributed by atoms with Crippen molar-refractivity contribution in [2.24, 2.45) is 0 Å². The van der Waals surface area contributed by atoms with Crippen LogP contribution in [0.4, 0.5) is 0 Å². The Morgan fingerprint density at radius 3 is 2.92 bits per heavy atom. The van der Waals surface area contributed by atoms with Crippen molar-refractivity contribution in [2.45, 2.75) is 26.8 Å². The van der Waals surface area contributed by atoms with Gasteiger partial charge in [0, 0.05) is 12.1 Å². The predicted octanol–water partition coefficient (Wildman–Crippen LogP) is 0.638. The molecule has 0 radical (unpaired) electrons. The molecule has 0 aliphatic rings. The van der Waals surface area contributed by atoms with Crippen LogP contribution in [0.1, 0.15) is 18.2 Å². The van der Waals surface area contributed by atoms with Gasteiger partial charge in [-0.15, -0.1) is 0 Å². The first-order valence-electron chi connectivity index (χ1n) is 4.13. The zero-order valence-electron chi connectivity index (χ0n) is 7.74. The van der Waals surface area contributed by atoms with Gasteiger partial charge in [-0.3, -0.25) is 4.79 Å². The normalized spacial score (nSPS) is 9.62. The molecule has 0 aliphatic heterocycles. The third kappa shape index (κ3) is 1.94. The van der Waals surface area contributed by atoms with E-state index in [0.29, 0.717) is 12.1 Å². The average Bonchev–Trinajstić information content (AvgIpc) is 2.11. The minimum Gasteiger partial charge on any atom is -0.267 e. The van der Waals surface area contributed by atoms with Crippen molar-refractivity contribution in [3.05, 3.63) is 27.7 Å². The minimum absolute atomic E-state index is 0.155. The van der Waals surface area contributed by atoms with Gasteiger partial charge in [-0.05, 0) is 19.9 Å². The maximum atomic E-state index is 11.5. The first kappa shape index (κ1) is 9.46. The molecule has 0 fully saturated rings. The maximum absolute atomic E-state index is 11.5. The van der Waals surface area contributed by atoms with Gasteiger partial charge in [0.2, 0.25) is 0 Å². The van der Waals surface area contributed by atoms with Crippen LogP contribution in [0, 0.1) is 18.3 Å². The number of aryl methyl sites for hydroxylation is 2. The van der Waals surface area contributed by atoms with E-state index in [4.69, 9.17) is 5.26 Å². The molecule has 68 valence electrons. The summed E-state index contributed by atoms with van der Waals surface area (Å²) in [6.07, 6.45) is 0.155. The van der Waals surface area contributed by atoms with Crippen molar-refractivity contribution in [3.8, 4) is 6.07 Å². The maximum Gasteiger partial charge on any atom is 0.271 e. The molecule has 4 nitrogen and oxygen atoms in total. The lowest BCUT2D eigenvalue weighted by atomic mass is 10.2. The molecule has 0 saturated carbocycles. The van der Waals surface area contributed by atoms with Gasteiger partial charge < -0.3 is 0 Å². The molecule has 0 saturated heterocycles. The Morgan fingerprint density at radius 1 is 1.69 bits per heavy atom. The van der Waals surface area contributed by atoms with Gasteiger partial charge in [-0.25, -0.2) is 4.68 Å². The van der Waals surface area contributed by atoms with E-state index in [-0.39, 0.29) is 12.0 Å². The van der Waals surface area contributed by atoms with Gasteiger partial charge in [0.05, 0.1) is 18.2 Å². The zero-order valence-corrected chi connectivity index (χ0v) is 7.74. The summed E-state index contributed by atoms with van der Waals surface area (Å²) in [5, 5.41) is 12.5. The Morgan fingerprint density at radius 2 is 2.38 bits per heavy atom. The lowest BCUT2D eigenvalue weighted by Crippen LogP contribution is -2.25. The summed E-state index contributed by atoms with van der Waals surface area (Å²) in [4.78, 5) is 11.5.